The summed E-state index contributed by atoms with van der Waals surface area (Å²) in [6, 6.07) is 26.4. The van der Waals surface area contributed by atoms with Gasteiger partial charge in [-0.25, -0.2) is 13.1 Å². The normalized spacial score (nSPS) is 12.3. The zero-order chi connectivity index (χ0) is 28.9. The predicted octanol–water partition coefficient (Wildman–Crippen LogP) is 4.77. The molecule has 0 aliphatic heterocycles. The molecule has 0 saturated heterocycles. The molecular formula is C31H30N4O4S. The Bertz CT molecular complexity index is 1690. The van der Waals surface area contributed by atoms with Gasteiger partial charge in [-0.2, -0.15) is 5.26 Å². The van der Waals surface area contributed by atoms with Crippen LogP contribution in [-0.2, 0) is 21.2 Å². The largest absolute Gasteiger partial charge is 0.340 e. The van der Waals surface area contributed by atoms with Gasteiger partial charge in [0.05, 0.1) is 16.5 Å². The fourth-order valence-electron chi connectivity index (χ4n) is 4.29. The van der Waals surface area contributed by atoms with E-state index in [2.05, 4.69) is 21.4 Å². The number of nitriles is 1. The zero-order valence-electron chi connectivity index (χ0n) is 22.4. The smallest absolute Gasteiger partial charge is 0.251 e. The lowest BCUT2D eigenvalue weighted by Gasteiger charge is -2.22. The van der Waals surface area contributed by atoms with E-state index in [0.717, 1.165) is 5.56 Å². The summed E-state index contributed by atoms with van der Waals surface area (Å²) in [6.45, 7) is 5.29. The number of benzene rings is 4. The Kier molecular flexibility index (Phi) is 8.33. The van der Waals surface area contributed by atoms with Crippen LogP contribution in [-0.4, -0.2) is 31.8 Å². The quantitative estimate of drug-likeness (QED) is 0.289. The molecule has 9 heteroatoms. The molecule has 0 radical (unpaired) electrons. The van der Waals surface area contributed by atoms with Gasteiger partial charge >= 0.3 is 0 Å². The van der Waals surface area contributed by atoms with Gasteiger partial charge in [-0.3, -0.25) is 9.59 Å². The van der Waals surface area contributed by atoms with E-state index in [4.69, 9.17) is 5.26 Å². The highest BCUT2D eigenvalue weighted by atomic mass is 32.2. The van der Waals surface area contributed by atoms with E-state index in [9.17, 15) is 18.0 Å². The van der Waals surface area contributed by atoms with E-state index >= 15 is 0 Å². The molecule has 1 atom stereocenters. The number of nitrogens with zero attached hydrogens (tertiary/aromatic N) is 1. The lowest BCUT2D eigenvalue weighted by atomic mass is 10.0. The molecule has 0 saturated carbocycles. The lowest BCUT2D eigenvalue weighted by Crippen LogP contribution is -2.45. The number of hydrogen-bond donors (Lipinski definition) is 3. The standard InChI is InChI=1S/C31H30N4O4S/c1-31(2,3)35-40(38,39)28-14-8-11-24-25(28)12-7-13-26(24)33-30(37)27(19-21-15-17-22(20-32)18-16-21)34-29(36)23-9-5-4-6-10-23/h4-18,27,35H,19H2,1-3H3,(H,33,37)(H,34,36). The second kappa shape index (κ2) is 11.7. The average molecular weight is 555 g/mol. The molecule has 1 unspecified atom stereocenters. The van der Waals surface area contributed by atoms with Crippen molar-refractivity contribution in [3.8, 4) is 6.07 Å². The lowest BCUT2D eigenvalue weighted by molar-refractivity contribution is -0.118. The molecule has 0 heterocycles. The molecule has 0 aliphatic rings. The van der Waals surface area contributed by atoms with Crippen LogP contribution in [0.3, 0.4) is 0 Å². The SMILES string of the molecule is CC(C)(C)NS(=O)(=O)c1cccc2c(NC(=O)C(Cc3ccc(C#N)cc3)NC(=O)c3ccccc3)cccc12. The van der Waals surface area contributed by atoms with E-state index in [0.29, 0.717) is 27.6 Å². The Balaban J connectivity index is 1.66. The van der Waals surface area contributed by atoms with Crippen LogP contribution in [0.25, 0.3) is 10.8 Å². The molecule has 0 aromatic heterocycles. The molecule has 3 N–H and O–H groups in total. The van der Waals surface area contributed by atoms with Crippen molar-refractivity contribution in [2.45, 2.75) is 43.7 Å². The summed E-state index contributed by atoms with van der Waals surface area (Å²) >= 11 is 0. The average Bonchev–Trinajstić information content (AvgIpc) is 2.92. The second-order valence-electron chi connectivity index (χ2n) is 10.4. The molecule has 4 aromatic carbocycles. The first-order valence-corrected chi connectivity index (χ1v) is 14.2. The number of carbonyl (C=O) groups is 2. The van der Waals surface area contributed by atoms with Crippen molar-refractivity contribution in [3.05, 3.63) is 108 Å². The van der Waals surface area contributed by atoms with Crippen molar-refractivity contribution in [1.29, 1.82) is 5.26 Å². The third kappa shape index (κ3) is 6.91. The third-order valence-corrected chi connectivity index (χ3v) is 7.87. The van der Waals surface area contributed by atoms with Gasteiger partial charge in [0.15, 0.2) is 0 Å². The first-order valence-electron chi connectivity index (χ1n) is 12.7. The Labute approximate surface area is 234 Å². The van der Waals surface area contributed by atoms with Crippen LogP contribution in [0.2, 0.25) is 0 Å². The van der Waals surface area contributed by atoms with E-state index in [1.54, 1.807) is 106 Å². The number of fused-ring (bicyclic) bond motifs is 1. The minimum Gasteiger partial charge on any atom is -0.340 e. The van der Waals surface area contributed by atoms with Crippen LogP contribution in [0.4, 0.5) is 5.69 Å². The molecule has 0 fully saturated rings. The van der Waals surface area contributed by atoms with Crippen LogP contribution in [0.1, 0.15) is 42.3 Å². The number of nitrogens with one attached hydrogen (secondary N) is 3. The van der Waals surface area contributed by atoms with Crippen molar-refractivity contribution in [2.24, 2.45) is 0 Å². The predicted molar refractivity (Wildman–Crippen MR) is 155 cm³/mol. The van der Waals surface area contributed by atoms with Crippen molar-refractivity contribution in [2.75, 3.05) is 5.32 Å². The Hall–Kier alpha value is -4.52. The van der Waals surface area contributed by atoms with Crippen molar-refractivity contribution in [1.82, 2.24) is 10.0 Å². The van der Waals surface area contributed by atoms with Gasteiger partial charge < -0.3 is 10.6 Å². The summed E-state index contributed by atoms with van der Waals surface area (Å²) in [7, 11) is -3.84. The maximum absolute atomic E-state index is 13.6. The number of rotatable bonds is 8. The molecule has 204 valence electrons. The van der Waals surface area contributed by atoms with Crippen LogP contribution in [0, 0.1) is 11.3 Å². The van der Waals surface area contributed by atoms with Gasteiger partial charge in [-0.1, -0.05) is 54.6 Å². The topological polar surface area (TPSA) is 128 Å². The van der Waals surface area contributed by atoms with Crippen molar-refractivity contribution in [3.63, 3.8) is 0 Å². The molecule has 0 aliphatic carbocycles. The van der Waals surface area contributed by atoms with Crippen LogP contribution in [0.15, 0.2) is 95.9 Å². The van der Waals surface area contributed by atoms with Crippen molar-refractivity contribution < 1.29 is 18.0 Å². The molecule has 0 spiro atoms. The summed E-state index contributed by atoms with van der Waals surface area (Å²) < 4.78 is 29.0. The fraction of sp³-hybridized carbons (Fsp3) is 0.194. The summed E-state index contributed by atoms with van der Waals surface area (Å²) in [5.74, 6) is -0.879. The third-order valence-electron chi connectivity index (χ3n) is 6.05. The molecule has 2 amide bonds. The number of carbonyl (C=O) groups excluding carboxylic acids is 2. The van der Waals surface area contributed by atoms with Crippen LogP contribution >= 0.6 is 0 Å². The zero-order valence-corrected chi connectivity index (χ0v) is 23.2. The van der Waals surface area contributed by atoms with E-state index in [1.165, 1.54) is 6.07 Å². The first kappa shape index (κ1) is 28.5. The maximum atomic E-state index is 13.6. The highest BCUT2D eigenvalue weighted by Crippen LogP contribution is 2.29. The van der Waals surface area contributed by atoms with E-state index in [1.807, 2.05) is 0 Å². The van der Waals surface area contributed by atoms with Gasteiger partial charge in [0.25, 0.3) is 5.91 Å². The highest BCUT2D eigenvalue weighted by Gasteiger charge is 2.26. The molecule has 4 rings (SSSR count). The van der Waals surface area contributed by atoms with Gasteiger partial charge in [-0.05, 0) is 62.7 Å². The second-order valence-corrected chi connectivity index (χ2v) is 12.1. The van der Waals surface area contributed by atoms with Gasteiger partial charge in [0, 0.05) is 34.0 Å². The minimum atomic E-state index is -3.84. The van der Waals surface area contributed by atoms with E-state index < -0.39 is 33.4 Å². The number of sulfonamides is 1. The van der Waals surface area contributed by atoms with Crippen LogP contribution in [0.5, 0.6) is 0 Å². The molecular weight excluding hydrogens is 524 g/mol. The Morgan fingerprint density at radius 1 is 0.850 bits per heavy atom. The Morgan fingerprint density at radius 3 is 2.15 bits per heavy atom. The summed E-state index contributed by atoms with van der Waals surface area (Å²) in [6.07, 6.45) is 0.177. The number of amides is 2. The highest BCUT2D eigenvalue weighted by molar-refractivity contribution is 7.89. The first-order chi connectivity index (χ1) is 19.0. The summed E-state index contributed by atoms with van der Waals surface area (Å²) in [5.41, 5.74) is 1.39. The summed E-state index contributed by atoms with van der Waals surface area (Å²) in [5, 5.41) is 15.8. The van der Waals surface area contributed by atoms with Crippen LogP contribution < -0.4 is 15.4 Å². The summed E-state index contributed by atoms with van der Waals surface area (Å²) in [4.78, 5) is 26.7. The van der Waals surface area contributed by atoms with Crippen molar-refractivity contribution >= 4 is 38.3 Å². The fourth-order valence-corrected chi connectivity index (χ4v) is 5.94. The van der Waals surface area contributed by atoms with Gasteiger partial charge in [-0.15, -0.1) is 0 Å². The maximum Gasteiger partial charge on any atom is 0.251 e. The monoisotopic (exact) mass is 554 g/mol. The Morgan fingerprint density at radius 2 is 1.50 bits per heavy atom. The van der Waals surface area contributed by atoms with E-state index in [-0.39, 0.29) is 11.3 Å². The molecule has 4 aromatic rings. The van der Waals surface area contributed by atoms with Gasteiger partial charge in [0.2, 0.25) is 15.9 Å². The molecule has 8 nitrogen and oxygen atoms in total. The molecule has 0 bridgehead atoms. The van der Waals surface area contributed by atoms with Gasteiger partial charge in [0.1, 0.15) is 6.04 Å². The number of hydrogen-bond acceptors (Lipinski definition) is 5. The number of anilines is 1. The minimum absolute atomic E-state index is 0.0996. The molecule has 40 heavy (non-hydrogen) atoms.